The molecule has 0 aliphatic carbocycles. The maximum absolute atomic E-state index is 13.4. The van der Waals surface area contributed by atoms with E-state index in [4.69, 9.17) is 12.0 Å². The fourth-order valence-corrected chi connectivity index (χ4v) is 2.69. The van der Waals surface area contributed by atoms with Gasteiger partial charge in [-0.05, 0) is 61.7 Å². The number of hydrogen-bond donors (Lipinski definition) is 1. The van der Waals surface area contributed by atoms with Gasteiger partial charge in [-0.3, -0.25) is 9.59 Å². The second-order valence-electron chi connectivity index (χ2n) is 6.42. The van der Waals surface area contributed by atoms with E-state index in [-0.39, 0.29) is 12.1 Å². The van der Waals surface area contributed by atoms with E-state index in [2.05, 4.69) is 23.7 Å². The summed E-state index contributed by atoms with van der Waals surface area (Å²) >= 11 is 0. The zero-order chi connectivity index (χ0) is 25.5. The van der Waals surface area contributed by atoms with E-state index in [0.717, 1.165) is 10.5 Å². The molecule has 0 saturated heterocycles. The quantitative estimate of drug-likeness (QED) is 0.719. The Bertz CT molecular complexity index is 1150. The van der Waals surface area contributed by atoms with Gasteiger partial charge in [0.2, 0.25) is 0 Å². The van der Waals surface area contributed by atoms with Crippen LogP contribution >= 0.6 is 0 Å². The molecule has 0 aromatic heterocycles. The molecule has 0 spiro atoms. The van der Waals surface area contributed by atoms with Crippen molar-refractivity contribution >= 4 is 11.9 Å². The largest absolute Gasteiger partial charge is 0.481 e. The average molecular weight is 393 g/mol. The zero-order valence-electron chi connectivity index (χ0n) is 21.3. The third-order valence-corrected chi connectivity index (χ3v) is 4.00. The molecule has 0 heterocycles. The van der Waals surface area contributed by atoms with Crippen LogP contribution in [0.1, 0.15) is 61.0 Å². The van der Waals surface area contributed by atoms with Crippen LogP contribution in [0.3, 0.4) is 0 Å². The molecular weight excluding hydrogens is 362 g/mol. The number of amides is 1. The minimum Gasteiger partial charge on any atom is -0.481 e. The van der Waals surface area contributed by atoms with Crippen LogP contribution in [0.15, 0.2) is 48.5 Å². The van der Waals surface area contributed by atoms with Crippen LogP contribution in [-0.2, 0) is 11.3 Å². The number of carboxylic acids is 1. The summed E-state index contributed by atoms with van der Waals surface area (Å²) in [6.07, 6.45) is -0.453. The summed E-state index contributed by atoms with van der Waals surface area (Å²) in [6.45, 7) is -1.60. The number of carboxylic acid groups (broad SMARTS) is 1. The van der Waals surface area contributed by atoms with Gasteiger partial charge in [0.1, 0.15) is 0 Å². The van der Waals surface area contributed by atoms with Gasteiger partial charge in [0.15, 0.2) is 0 Å². The van der Waals surface area contributed by atoms with Crippen molar-refractivity contribution in [2.24, 2.45) is 5.92 Å². The molecule has 1 atom stereocenters. The first-order chi connectivity index (χ1) is 15.8. The number of benzene rings is 2. The van der Waals surface area contributed by atoms with Gasteiger partial charge in [-0.25, -0.2) is 0 Å². The Morgan fingerprint density at radius 3 is 2.21 bits per heavy atom. The number of nitrogens with zero attached hydrogens (tertiary/aromatic N) is 1. The number of hydrogen-bond acceptors (Lipinski definition) is 2. The van der Waals surface area contributed by atoms with Crippen LogP contribution in [0.4, 0.5) is 0 Å². The van der Waals surface area contributed by atoms with Crippen molar-refractivity contribution in [1.29, 1.82) is 0 Å². The van der Waals surface area contributed by atoms with Crippen molar-refractivity contribution in [3.8, 4) is 23.7 Å². The van der Waals surface area contributed by atoms with Crippen molar-refractivity contribution in [3.05, 3.63) is 70.8 Å². The Morgan fingerprint density at radius 2 is 1.66 bits per heavy atom. The highest BCUT2D eigenvalue weighted by Crippen LogP contribution is 2.15. The van der Waals surface area contributed by atoms with Crippen molar-refractivity contribution in [2.45, 2.75) is 33.7 Å². The van der Waals surface area contributed by atoms with Gasteiger partial charge < -0.3 is 10.0 Å². The van der Waals surface area contributed by atoms with Crippen LogP contribution in [0, 0.1) is 29.6 Å². The second kappa shape index (κ2) is 10.7. The lowest BCUT2D eigenvalue weighted by atomic mass is 10.0. The maximum atomic E-state index is 13.4. The predicted molar refractivity (Wildman–Crippen MR) is 114 cm³/mol. The van der Waals surface area contributed by atoms with E-state index in [9.17, 15) is 9.59 Å². The second-order valence-corrected chi connectivity index (χ2v) is 6.42. The highest BCUT2D eigenvalue weighted by atomic mass is 16.4. The highest BCUT2D eigenvalue weighted by Gasteiger charge is 2.20. The van der Waals surface area contributed by atoms with Gasteiger partial charge in [-0.15, -0.1) is 11.8 Å². The molecule has 0 aliphatic rings. The number of rotatable bonds is 7. The molecule has 2 rings (SSSR count). The van der Waals surface area contributed by atoms with E-state index in [1.165, 1.54) is 31.2 Å². The van der Waals surface area contributed by atoms with E-state index >= 15 is 0 Å². The predicted octanol–water partition coefficient (Wildman–Crippen LogP) is 4.18. The molecule has 0 saturated carbocycles. The SMILES string of the molecule is [2H]C([2H])([2H])C#Cc1ccc(C(=O)N(Cc2ccc(C#CC)cc2)C([2H])([2H])C(C)CC(=O)O)cc1. The first-order valence-electron chi connectivity index (χ1n) is 11.5. The summed E-state index contributed by atoms with van der Waals surface area (Å²) in [5, 5.41) is 9.16. The summed E-state index contributed by atoms with van der Waals surface area (Å²) in [5.74, 6) is 7.59. The molecule has 2 aromatic rings. The minimum atomic E-state index is -2.40. The van der Waals surface area contributed by atoms with Crippen LogP contribution in [0.25, 0.3) is 0 Å². The zero-order valence-corrected chi connectivity index (χ0v) is 16.3. The van der Waals surface area contributed by atoms with E-state index in [1.54, 1.807) is 31.2 Å². The third-order valence-electron chi connectivity index (χ3n) is 4.00. The van der Waals surface area contributed by atoms with Crippen molar-refractivity contribution in [1.82, 2.24) is 4.90 Å². The van der Waals surface area contributed by atoms with Crippen LogP contribution in [0.5, 0.6) is 0 Å². The summed E-state index contributed by atoms with van der Waals surface area (Å²) in [5.41, 5.74) is 2.00. The number of carbonyl (C=O) groups excluding carboxylic acids is 1. The third kappa shape index (κ3) is 6.87. The standard InChI is InChI=1S/C25H25NO3/c1-4-6-20-8-10-22(11-9-20)18-26(17-19(3)16-24(27)28)25(29)23-14-12-21(7-5-2)13-15-23/h8-15,19H,16-18H2,1-3H3,(H,27,28)/i2D3,17D2. The molecule has 148 valence electrons. The van der Waals surface area contributed by atoms with Crippen LogP contribution in [0.2, 0.25) is 0 Å². The smallest absolute Gasteiger partial charge is 0.303 e. The molecule has 0 aliphatic heterocycles. The Balaban J connectivity index is 2.40. The highest BCUT2D eigenvalue weighted by molar-refractivity contribution is 5.94. The molecule has 2 aromatic carbocycles. The van der Waals surface area contributed by atoms with E-state index in [1.807, 2.05) is 0 Å². The van der Waals surface area contributed by atoms with E-state index < -0.39 is 37.6 Å². The Morgan fingerprint density at radius 1 is 1.07 bits per heavy atom. The molecule has 29 heavy (non-hydrogen) atoms. The van der Waals surface area contributed by atoms with Crippen molar-refractivity contribution in [3.63, 3.8) is 0 Å². The molecule has 0 fully saturated rings. The lowest BCUT2D eigenvalue weighted by Gasteiger charge is -2.26. The molecule has 4 heteroatoms. The van der Waals surface area contributed by atoms with Gasteiger partial charge in [-0.2, -0.15) is 0 Å². The van der Waals surface area contributed by atoms with Gasteiger partial charge in [0, 0.05) is 43.0 Å². The Kier molecular flexibility index (Phi) is 5.71. The van der Waals surface area contributed by atoms with Gasteiger partial charge in [-0.1, -0.05) is 30.9 Å². The minimum absolute atomic E-state index is 0.0871. The number of carbonyl (C=O) groups is 2. The summed E-state index contributed by atoms with van der Waals surface area (Å²) in [7, 11) is 0. The lowest BCUT2D eigenvalue weighted by molar-refractivity contribution is -0.138. The first-order valence-corrected chi connectivity index (χ1v) is 9.02. The molecule has 1 amide bonds. The summed E-state index contributed by atoms with van der Waals surface area (Å²) in [4.78, 5) is 25.6. The monoisotopic (exact) mass is 392 g/mol. The average Bonchev–Trinajstić information content (AvgIpc) is 2.76. The van der Waals surface area contributed by atoms with Gasteiger partial charge in [0.25, 0.3) is 5.91 Å². The lowest BCUT2D eigenvalue weighted by Crippen LogP contribution is -2.35. The topological polar surface area (TPSA) is 57.6 Å². The number of aliphatic carboxylic acids is 1. The molecular formula is C25H25NO3. The molecule has 4 nitrogen and oxygen atoms in total. The van der Waals surface area contributed by atoms with Gasteiger partial charge >= 0.3 is 5.97 Å². The van der Waals surface area contributed by atoms with Crippen LogP contribution in [-0.4, -0.2) is 28.4 Å². The maximum Gasteiger partial charge on any atom is 0.303 e. The molecule has 1 N–H and O–H groups in total. The molecule has 1 unspecified atom stereocenters. The Hall–Kier alpha value is -3.50. The fourth-order valence-electron chi connectivity index (χ4n) is 2.69. The van der Waals surface area contributed by atoms with Crippen molar-refractivity contribution in [2.75, 3.05) is 6.50 Å². The van der Waals surface area contributed by atoms with Crippen LogP contribution < -0.4 is 0 Å². The molecule has 0 radical (unpaired) electrons. The van der Waals surface area contributed by atoms with E-state index in [0.29, 0.717) is 11.1 Å². The van der Waals surface area contributed by atoms with Crippen molar-refractivity contribution < 1.29 is 21.5 Å². The fraction of sp³-hybridized carbons (Fsp3) is 0.280. The normalized spacial score (nSPS) is 14.2. The Labute approximate surface area is 179 Å². The molecule has 0 bridgehead atoms. The van der Waals surface area contributed by atoms with Gasteiger partial charge in [0.05, 0.1) is 0 Å². The summed E-state index contributed by atoms with van der Waals surface area (Å²) in [6, 6.07) is 12.9. The first kappa shape index (κ1) is 15.4. The summed E-state index contributed by atoms with van der Waals surface area (Å²) < 4.78 is 38.7.